The normalized spacial score (nSPS) is 15.2. The molecule has 0 unspecified atom stereocenters. The third kappa shape index (κ3) is 4.02. The lowest BCUT2D eigenvalue weighted by Gasteiger charge is -2.34. The van der Waals surface area contributed by atoms with Gasteiger partial charge in [0.25, 0.3) is 5.91 Å². The second-order valence-electron chi connectivity index (χ2n) is 8.44. The predicted octanol–water partition coefficient (Wildman–Crippen LogP) is 3.30. The van der Waals surface area contributed by atoms with E-state index in [0.717, 1.165) is 23.1 Å². The fraction of sp³-hybridized carbons (Fsp3) is 0.292. The molecule has 1 aliphatic rings. The van der Waals surface area contributed by atoms with Gasteiger partial charge in [-0.25, -0.2) is 8.42 Å². The van der Waals surface area contributed by atoms with Crippen molar-refractivity contribution < 1.29 is 13.2 Å². The number of carbonyl (C=O) groups excluding carboxylic acids is 1. The van der Waals surface area contributed by atoms with Crippen molar-refractivity contribution in [1.29, 1.82) is 0 Å². The van der Waals surface area contributed by atoms with Crippen molar-refractivity contribution in [3.05, 3.63) is 77.1 Å². The third-order valence-electron chi connectivity index (χ3n) is 6.38. The highest BCUT2D eigenvalue weighted by Gasteiger charge is 2.33. The smallest absolute Gasteiger partial charge is 0.255 e. The zero-order valence-electron chi connectivity index (χ0n) is 19.0. The summed E-state index contributed by atoms with van der Waals surface area (Å²) in [7, 11) is -3.72. The van der Waals surface area contributed by atoms with Crippen LogP contribution in [0.2, 0.25) is 0 Å². The van der Waals surface area contributed by atoms with Crippen LogP contribution in [0, 0.1) is 13.8 Å². The van der Waals surface area contributed by atoms with E-state index >= 15 is 0 Å². The lowest BCUT2D eigenvalue weighted by Crippen LogP contribution is -2.50. The van der Waals surface area contributed by atoms with Gasteiger partial charge in [-0.15, -0.1) is 0 Å². The molecule has 0 radical (unpaired) electrons. The van der Waals surface area contributed by atoms with Crippen molar-refractivity contribution in [2.45, 2.75) is 25.3 Å². The SMILES string of the molecule is Cc1cc(C(=O)N2CCN(S(=O)(=O)c3cccc4nsnc34)CC2)c(C)n1Cc1ccccc1. The highest BCUT2D eigenvalue weighted by atomic mass is 32.2. The number of rotatable bonds is 5. The van der Waals surface area contributed by atoms with Gasteiger partial charge in [-0.3, -0.25) is 4.79 Å². The molecule has 176 valence electrons. The molecule has 5 rings (SSSR count). The van der Waals surface area contributed by atoms with E-state index in [1.807, 2.05) is 38.1 Å². The van der Waals surface area contributed by atoms with Crippen LogP contribution < -0.4 is 0 Å². The summed E-state index contributed by atoms with van der Waals surface area (Å²) in [4.78, 5) is 15.2. The molecule has 1 fully saturated rings. The monoisotopic (exact) mass is 495 g/mol. The van der Waals surface area contributed by atoms with Gasteiger partial charge in [0.05, 0.1) is 17.3 Å². The van der Waals surface area contributed by atoms with Crippen LogP contribution in [0.4, 0.5) is 0 Å². The molecule has 2 aromatic heterocycles. The average Bonchev–Trinajstić information content (AvgIpc) is 3.44. The van der Waals surface area contributed by atoms with E-state index < -0.39 is 10.0 Å². The number of sulfonamides is 1. The fourth-order valence-electron chi connectivity index (χ4n) is 4.46. The molecular weight excluding hydrogens is 470 g/mol. The number of carbonyl (C=O) groups is 1. The van der Waals surface area contributed by atoms with E-state index in [9.17, 15) is 13.2 Å². The number of fused-ring (bicyclic) bond motifs is 1. The molecule has 4 aromatic rings. The van der Waals surface area contributed by atoms with Crippen LogP contribution in [0.25, 0.3) is 11.0 Å². The zero-order valence-corrected chi connectivity index (χ0v) is 20.6. The van der Waals surface area contributed by atoms with Crippen LogP contribution in [0.3, 0.4) is 0 Å². The molecule has 1 saturated heterocycles. The van der Waals surface area contributed by atoms with Crippen molar-refractivity contribution >= 4 is 38.7 Å². The summed E-state index contributed by atoms with van der Waals surface area (Å²) < 4.78 is 38.4. The molecule has 10 heteroatoms. The fourth-order valence-corrected chi connectivity index (χ4v) is 6.63. The van der Waals surface area contributed by atoms with Crippen molar-refractivity contribution in [1.82, 2.24) is 22.5 Å². The molecule has 2 aromatic carbocycles. The largest absolute Gasteiger partial charge is 0.344 e. The Morgan fingerprint density at radius 1 is 0.971 bits per heavy atom. The van der Waals surface area contributed by atoms with Crippen LogP contribution in [0.5, 0.6) is 0 Å². The zero-order chi connectivity index (χ0) is 23.9. The minimum atomic E-state index is -3.72. The molecule has 0 N–H and O–H groups in total. The van der Waals surface area contributed by atoms with Gasteiger partial charge in [0, 0.05) is 44.1 Å². The second kappa shape index (κ2) is 8.94. The Balaban J connectivity index is 1.31. The number of amides is 1. The Morgan fingerprint density at radius 2 is 1.71 bits per heavy atom. The molecule has 1 aliphatic heterocycles. The van der Waals surface area contributed by atoms with Gasteiger partial charge in [-0.2, -0.15) is 13.1 Å². The molecule has 0 aliphatic carbocycles. The number of piperazine rings is 1. The summed E-state index contributed by atoms with van der Waals surface area (Å²) in [6.45, 7) is 5.83. The Kier molecular flexibility index (Phi) is 5.97. The van der Waals surface area contributed by atoms with Gasteiger partial charge < -0.3 is 9.47 Å². The summed E-state index contributed by atoms with van der Waals surface area (Å²) in [5, 5.41) is 0. The molecule has 8 nitrogen and oxygen atoms in total. The number of hydrogen-bond acceptors (Lipinski definition) is 6. The van der Waals surface area contributed by atoms with Crippen LogP contribution in [-0.4, -0.2) is 63.0 Å². The minimum absolute atomic E-state index is 0.0599. The Bertz CT molecular complexity index is 1450. The molecule has 0 bridgehead atoms. The van der Waals surface area contributed by atoms with Gasteiger partial charge in [0.1, 0.15) is 15.9 Å². The molecular formula is C24H25N5O3S2. The van der Waals surface area contributed by atoms with Gasteiger partial charge in [-0.1, -0.05) is 36.4 Å². The first-order chi connectivity index (χ1) is 16.4. The highest BCUT2D eigenvalue weighted by molar-refractivity contribution is 7.89. The van der Waals surface area contributed by atoms with E-state index in [1.165, 1.54) is 9.87 Å². The van der Waals surface area contributed by atoms with Gasteiger partial charge in [0.15, 0.2) is 0 Å². The summed E-state index contributed by atoms with van der Waals surface area (Å²) in [6.07, 6.45) is 0. The van der Waals surface area contributed by atoms with Crippen LogP contribution in [-0.2, 0) is 16.6 Å². The first-order valence-corrected chi connectivity index (χ1v) is 13.2. The quantitative estimate of drug-likeness (QED) is 0.424. The molecule has 3 heterocycles. The molecule has 0 saturated carbocycles. The summed E-state index contributed by atoms with van der Waals surface area (Å²) in [5.74, 6) is -0.0599. The molecule has 1 amide bonds. The van der Waals surface area contributed by atoms with E-state index in [-0.39, 0.29) is 23.9 Å². The van der Waals surface area contributed by atoms with E-state index in [0.29, 0.717) is 36.2 Å². The first-order valence-electron chi connectivity index (χ1n) is 11.1. The Hall–Kier alpha value is -3.08. The van der Waals surface area contributed by atoms with Gasteiger partial charge in [-0.05, 0) is 37.6 Å². The maximum Gasteiger partial charge on any atom is 0.255 e. The van der Waals surface area contributed by atoms with Crippen molar-refractivity contribution in [2.24, 2.45) is 0 Å². The van der Waals surface area contributed by atoms with Crippen molar-refractivity contribution in [3.63, 3.8) is 0 Å². The van der Waals surface area contributed by atoms with Crippen molar-refractivity contribution in [2.75, 3.05) is 26.2 Å². The number of aromatic nitrogens is 3. The van der Waals surface area contributed by atoms with Gasteiger partial charge >= 0.3 is 0 Å². The summed E-state index contributed by atoms with van der Waals surface area (Å²) >= 11 is 0.999. The molecule has 0 atom stereocenters. The summed E-state index contributed by atoms with van der Waals surface area (Å²) in [5.41, 5.74) is 4.76. The van der Waals surface area contributed by atoms with E-state index in [2.05, 4.69) is 25.4 Å². The predicted molar refractivity (Wildman–Crippen MR) is 132 cm³/mol. The Morgan fingerprint density at radius 3 is 2.44 bits per heavy atom. The Labute approximate surface area is 202 Å². The number of aryl methyl sites for hydroxylation is 1. The highest BCUT2D eigenvalue weighted by Crippen LogP contribution is 2.26. The van der Waals surface area contributed by atoms with E-state index in [1.54, 1.807) is 23.1 Å². The number of hydrogen-bond donors (Lipinski definition) is 0. The van der Waals surface area contributed by atoms with Crippen molar-refractivity contribution in [3.8, 4) is 0 Å². The lowest BCUT2D eigenvalue weighted by atomic mass is 10.2. The third-order valence-corrected chi connectivity index (χ3v) is 8.85. The van der Waals surface area contributed by atoms with Crippen LogP contribution in [0.1, 0.15) is 27.3 Å². The maximum atomic E-state index is 13.3. The minimum Gasteiger partial charge on any atom is -0.344 e. The number of benzene rings is 2. The maximum absolute atomic E-state index is 13.3. The average molecular weight is 496 g/mol. The van der Waals surface area contributed by atoms with Crippen LogP contribution >= 0.6 is 11.7 Å². The molecule has 0 spiro atoms. The van der Waals surface area contributed by atoms with Gasteiger partial charge in [0.2, 0.25) is 10.0 Å². The number of nitrogens with zero attached hydrogens (tertiary/aromatic N) is 5. The standard InChI is InChI=1S/C24H25N5O3S2/c1-17-15-20(18(2)29(17)16-19-7-4-3-5-8-19)24(30)27-11-13-28(14-12-27)34(31,32)22-10-6-9-21-23(22)26-33-25-21/h3-10,15H,11-14,16H2,1-2H3. The lowest BCUT2D eigenvalue weighted by molar-refractivity contribution is 0.0697. The second-order valence-corrected chi connectivity index (χ2v) is 10.9. The summed E-state index contributed by atoms with van der Waals surface area (Å²) in [6, 6.07) is 17.1. The van der Waals surface area contributed by atoms with E-state index in [4.69, 9.17) is 0 Å². The first kappa shape index (κ1) is 22.7. The topological polar surface area (TPSA) is 88.4 Å². The molecule has 34 heavy (non-hydrogen) atoms. The van der Waals surface area contributed by atoms with Crippen LogP contribution in [0.15, 0.2) is 59.5 Å².